The van der Waals surface area contributed by atoms with E-state index in [-0.39, 0.29) is 12.6 Å². The molecule has 53 heavy (non-hydrogen) atoms. The highest BCUT2D eigenvalue weighted by Gasteiger charge is 2.31. The zero-order valence-electron chi connectivity index (χ0n) is 31.8. The van der Waals surface area contributed by atoms with Gasteiger partial charge in [-0.1, -0.05) is 53.3 Å². The maximum absolute atomic E-state index is 14.6. The van der Waals surface area contributed by atoms with Crippen LogP contribution in [-0.4, -0.2) is 78.5 Å². The molecule has 0 aliphatic carbocycles. The van der Waals surface area contributed by atoms with E-state index in [2.05, 4.69) is 29.7 Å². The lowest BCUT2D eigenvalue weighted by Crippen LogP contribution is -2.37. The van der Waals surface area contributed by atoms with Gasteiger partial charge in [-0.2, -0.15) is 0 Å². The summed E-state index contributed by atoms with van der Waals surface area (Å²) in [6.45, 7) is 10.0. The summed E-state index contributed by atoms with van der Waals surface area (Å²) in [6, 6.07) is 21.9. The van der Waals surface area contributed by atoms with E-state index < -0.39 is 21.6 Å². The van der Waals surface area contributed by atoms with E-state index in [9.17, 15) is 9.59 Å². The number of hydrogen-bond acceptors (Lipinski definition) is 10. The highest BCUT2D eigenvalue weighted by atomic mass is 32.3. The molecular formula is C41H50N4O5S3. The zero-order valence-corrected chi connectivity index (χ0v) is 34.2. The van der Waals surface area contributed by atoms with Crippen molar-refractivity contribution in [3.05, 3.63) is 99.6 Å². The van der Waals surface area contributed by atoms with Crippen molar-refractivity contribution in [1.29, 1.82) is 0 Å². The third kappa shape index (κ3) is 10.2. The summed E-state index contributed by atoms with van der Waals surface area (Å²) in [5, 5.41) is 1.35. The number of anilines is 2. The first-order valence-corrected chi connectivity index (χ1v) is 22.6. The summed E-state index contributed by atoms with van der Waals surface area (Å²) in [4.78, 5) is 42.5. The van der Waals surface area contributed by atoms with E-state index in [0.29, 0.717) is 55.5 Å². The van der Waals surface area contributed by atoms with Crippen LogP contribution in [0.15, 0.2) is 66.7 Å². The lowest BCUT2D eigenvalue weighted by Gasteiger charge is -2.31. The highest BCUT2D eigenvalue weighted by Crippen LogP contribution is 2.36. The number of hydrogen-bond donors (Lipinski definition) is 0. The number of ether oxygens (including phenoxy) is 3. The summed E-state index contributed by atoms with van der Waals surface area (Å²) in [7, 11) is -0.747. The molecule has 0 unspecified atom stereocenters. The van der Waals surface area contributed by atoms with Gasteiger partial charge in [-0.15, -0.1) is 11.3 Å². The van der Waals surface area contributed by atoms with Gasteiger partial charge in [0.15, 0.2) is 16.0 Å². The Bertz CT molecular complexity index is 2010. The molecule has 282 valence electrons. The molecule has 0 spiro atoms. The number of nitrogens with zero attached hydrogens (tertiary/aromatic N) is 4. The van der Waals surface area contributed by atoms with Gasteiger partial charge in [-0.3, -0.25) is 9.69 Å². The molecule has 1 aliphatic rings. The molecular weight excluding hydrogens is 725 g/mol. The Balaban J connectivity index is 1.24. The summed E-state index contributed by atoms with van der Waals surface area (Å²) in [5.74, 6) is 1.20. The number of aryl methyl sites for hydroxylation is 2. The Morgan fingerprint density at radius 2 is 1.72 bits per heavy atom. The number of amides is 1. The molecule has 0 saturated carbocycles. The van der Waals surface area contributed by atoms with Crippen molar-refractivity contribution in [2.75, 3.05) is 60.8 Å². The van der Waals surface area contributed by atoms with E-state index in [4.69, 9.17) is 24.2 Å². The molecule has 9 nitrogen and oxygen atoms in total. The summed E-state index contributed by atoms with van der Waals surface area (Å²) in [6.07, 6.45) is 8.87. The van der Waals surface area contributed by atoms with E-state index in [1.54, 1.807) is 4.90 Å². The molecule has 12 heteroatoms. The number of carbonyl (C=O) groups is 2. The number of para-hydroxylation sites is 1. The van der Waals surface area contributed by atoms with Gasteiger partial charge < -0.3 is 19.1 Å². The molecule has 0 N–H and O–H groups in total. The molecule has 3 heterocycles. The second kappa shape index (κ2) is 16.6. The standard InChI is InChI=1S/C41H50N4O5S3/c1-28-17-19-30(20-18-28)49-23-11-16-35-36(38(47)50-41(2,3)4)43-39(52-35)44-22-21-29-12-10-13-31(32(29)26-44)37(46)45(27-48-24-25-53(5,6)7)40-42-33-14-8-9-15-34(33)51-40/h8-10,12-15,17-20H,11,16,21-27H2,1-7H3. The number of esters is 1. The molecule has 0 fully saturated rings. The van der Waals surface area contributed by atoms with Crippen molar-refractivity contribution in [2.45, 2.75) is 59.1 Å². The largest absolute Gasteiger partial charge is 0.494 e. The number of benzene rings is 3. The molecule has 5 aromatic rings. The van der Waals surface area contributed by atoms with Crippen molar-refractivity contribution in [3.63, 3.8) is 0 Å². The topological polar surface area (TPSA) is 94.1 Å². The van der Waals surface area contributed by atoms with Crippen LogP contribution in [0.25, 0.3) is 10.2 Å². The number of carbonyl (C=O) groups excluding carboxylic acids is 2. The van der Waals surface area contributed by atoms with Gasteiger partial charge in [0.25, 0.3) is 5.91 Å². The fraction of sp³-hybridized carbons (Fsp3) is 0.415. The predicted octanol–water partition coefficient (Wildman–Crippen LogP) is 8.91. The molecule has 0 bridgehead atoms. The van der Waals surface area contributed by atoms with Gasteiger partial charge in [0.2, 0.25) is 0 Å². The van der Waals surface area contributed by atoms with Crippen LogP contribution in [0, 0.1) is 6.92 Å². The van der Waals surface area contributed by atoms with Gasteiger partial charge >= 0.3 is 5.97 Å². The van der Waals surface area contributed by atoms with Crippen LogP contribution in [0.3, 0.4) is 0 Å². The maximum Gasteiger partial charge on any atom is 0.358 e. The van der Waals surface area contributed by atoms with Gasteiger partial charge in [-0.25, -0.2) is 24.8 Å². The monoisotopic (exact) mass is 774 g/mol. The first kappa shape index (κ1) is 38.7. The lowest BCUT2D eigenvalue weighted by atomic mass is 9.94. The number of fused-ring (bicyclic) bond motifs is 2. The summed E-state index contributed by atoms with van der Waals surface area (Å²) in [5.41, 5.74) is 4.43. The van der Waals surface area contributed by atoms with E-state index >= 15 is 0 Å². The maximum atomic E-state index is 14.6. The molecule has 3 aromatic carbocycles. The Hall–Kier alpha value is -3.97. The molecule has 0 radical (unpaired) electrons. The average molecular weight is 775 g/mol. The average Bonchev–Trinajstić information content (AvgIpc) is 3.74. The second-order valence-corrected chi connectivity index (χ2v) is 21.8. The molecule has 6 rings (SSSR count). The van der Waals surface area contributed by atoms with Crippen molar-refractivity contribution in [3.8, 4) is 5.75 Å². The smallest absolute Gasteiger partial charge is 0.358 e. The van der Waals surface area contributed by atoms with Crippen LogP contribution < -0.4 is 14.5 Å². The van der Waals surface area contributed by atoms with Crippen molar-refractivity contribution < 1.29 is 23.8 Å². The minimum absolute atomic E-state index is 0.115. The van der Waals surface area contributed by atoms with E-state index in [1.165, 1.54) is 28.2 Å². The Labute approximate surface area is 322 Å². The molecule has 1 amide bonds. The number of aromatic nitrogens is 2. The fourth-order valence-electron chi connectivity index (χ4n) is 5.92. The van der Waals surface area contributed by atoms with Crippen LogP contribution in [0.2, 0.25) is 0 Å². The Morgan fingerprint density at radius 1 is 0.943 bits per heavy atom. The van der Waals surface area contributed by atoms with Crippen LogP contribution in [0.5, 0.6) is 5.75 Å². The number of thiazole rings is 2. The van der Waals surface area contributed by atoms with Gasteiger partial charge in [0.1, 0.15) is 18.1 Å². The van der Waals surface area contributed by atoms with Crippen LogP contribution in [0.1, 0.15) is 69.6 Å². The normalized spacial score (nSPS) is 13.5. The molecule has 0 saturated heterocycles. The first-order chi connectivity index (χ1) is 25.2. The van der Waals surface area contributed by atoms with Crippen molar-refractivity contribution in [1.82, 2.24) is 9.97 Å². The van der Waals surface area contributed by atoms with Crippen LogP contribution >= 0.6 is 32.7 Å². The summed E-state index contributed by atoms with van der Waals surface area (Å²) < 4.78 is 19.0. The van der Waals surface area contributed by atoms with Crippen molar-refractivity contribution >= 4 is 65.1 Å². The third-order valence-electron chi connectivity index (χ3n) is 8.71. The fourth-order valence-corrected chi connectivity index (χ4v) is 8.60. The van der Waals surface area contributed by atoms with E-state index in [1.807, 2.05) is 88.4 Å². The van der Waals surface area contributed by atoms with Gasteiger partial charge in [0.05, 0.1) is 23.4 Å². The minimum atomic E-state index is -0.747. The Morgan fingerprint density at radius 3 is 2.45 bits per heavy atom. The lowest BCUT2D eigenvalue weighted by molar-refractivity contribution is 0.00623. The zero-order chi connectivity index (χ0) is 37.8. The second-order valence-electron chi connectivity index (χ2n) is 15.2. The van der Waals surface area contributed by atoms with Gasteiger partial charge in [-0.05, 0) is 107 Å². The van der Waals surface area contributed by atoms with Crippen molar-refractivity contribution in [2.24, 2.45) is 0 Å². The first-order valence-electron chi connectivity index (χ1n) is 17.9. The predicted molar refractivity (Wildman–Crippen MR) is 221 cm³/mol. The minimum Gasteiger partial charge on any atom is -0.494 e. The Kier molecular flexibility index (Phi) is 12.1. The van der Waals surface area contributed by atoms with Crippen LogP contribution in [-0.2, 0) is 28.9 Å². The molecule has 0 atom stereocenters. The highest BCUT2D eigenvalue weighted by molar-refractivity contribution is 8.32. The third-order valence-corrected chi connectivity index (χ3v) is 12.3. The summed E-state index contributed by atoms with van der Waals surface area (Å²) >= 11 is 3.01. The number of rotatable bonds is 14. The molecule has 1 aliphatic heterocycles. The van der Waals surface area contributed by atoms with Crippen LogP contribution in [0.4, 0.5) is 10.3 Å². The van der Waals surface area contributed by atoms with E-state index in [0.717, 1.165) is 49.3 Å². The molecule has 2 aromatic heterocycles. The quantitative estimate of drug-likeness (QED) is 0.0628. The SMILES string of the molecule is Cc1ccc(OCCCc2sc(N3CCc4cccc(C(=O)N(COCCS(C)(C)C)c5nc6ccccc6s5)c4C3)nc2C(=O)OC(C)(C)C)cc1. The van der Waals surface area contributed by atoms with Gasteiger partial charge in [0, 0.05) is 29.3 Å².